The van der Waals surface area contributed by atoms with E-state index in [1.807, 2.05) is 30.3 Å². The van der Waals surface area contributed by atoms with Crippen LogP contribution in [0.2, 0.25) is 0 Å². The van der Waals surface area contributed by atoms with Gasteiger partial charge in [0.15, 0.2) is 0 Å². The molecule has 0 radical (unpaired) electrons. The van der Waals surface area contributed by atoms with Crippen LogP contribution in [0, 0.1) is 0 Å². The quantitative estimate of drug-likeness (QED) is 0.343. The summed E-state index contributed by atoms with van der Waals surface area (Å²) in [6, 6.07) is 21.5. The Labute approximate surface area is 158 Å². The van der Waals surface area contributed by atoms with Crippen LogP contribution in [0.15, 0.2) is 83.9 Å². The van der Waals surface area contributed by atoms with Crippen LogP contribution in [0.5, 0.6) is 17.2 Å². The maximum Gasteiger partial charge on any atom is 0.461 e. The second kappa shape index (κ2) is 8.56. The topological polar surface area (TPSA) is 30.8 Å². The fourth-order valence-electron chi connectivity index (χ4n) is 2.26. The first-order valence-electron chi connectivity index (χ1n) is 8.24. The van der Waals surface area contributed by atoms with Crippen molar-refractivity contribution in [1.82, 2.24) is 0 Å². The molecule has 3 rings (SSSR count). The van der Waals surface area contributed by atoms with Gasteiger partial charge in [0.2, 0.25) is 0 Å². The summed E-state index contributed by atoms with van der Waals surface area (Å²) in [6.07, 6.45) is -7.06. The molecule has 0 aliphatic rings. The van der Waals surface area contributed by atoms with Crippen LogP contribution in [-0.4, -0.2) is 18.7 Å². The van der Waals surface area contributed by atoms with Gasteiger partial charge in [0.1, 0.15) is 17.2 Å². The third-order valence-corrected chi connectivity index (χ3v) is 3.53. The van der Waals surface area contributed by atoms with E-state index in [4.69, 9.17) is 4.74 Å². The second-order valence-electron chi connectivity index (χ2n) is 5.71. The van der Waals surface area contributed by atoms with Gasteiger partial charge >= 0.3 is 12.5 Å². The van der Waals surface area contributed by atoms with Crippen molar-refractivity contribution < 1.29 is 27.0 Å². The number of aliphatic imine (C=N–C) groups is 1. The average molecular weight is 389 g/mol. The molecule has 28 heavy (non-hydrogen) atoms. The number of rotatable bonds is 7. The van der Waals surface area contributed by atoms with Crippen molar-refractivity contribution in [3.8, 4) is 17.2 Å². The number of hydrogen-bond acceptors (Lipinski definition) is 3. The van der Waals surface area contributed by atoms with E-state index in [0.29, 0.717) is 22.7 Å². The number of para-hydroxylation sites is 1. The lowest BCUT2D eigenvalue weighted by molar-refractivity contribution is -0.253. The Balaban J connectivity index is 1.72. The molecular weight excluding hydrogens is 374 g/mol. The largest absolute Gasteiger partial charge is 0.461 e. The van der Waals surface area contributed by atoms with Gasteiger partial charge in [0.05, 0.1) is 5.69 Å². The third-order valence-electron chi connectivity index (χ3n) is 3.53. The molecule has 0 aliphatic heterocycles. The first kappa shape index (κ1) is 19.4. The van der Waals surface area contributed by atoms with Gasteiger partial charge in [0.25, 0.3) is 0 Å². The lowest BCUT2D eigenvalue weighted by Gasteiger charge is -2.16. The lowest BCUT2D eigenvalue weighted by atomic mass is 10.2. The number of hydrogen-bond donors (Lipinski definition) is 0. The van der Waals surface area contributed by atoms with Gasteiger partial charge in [-0.25, -0.2) is 0 Å². The van der Waals surface area contributed by atoms with E-state index in [1.165, 1.54) is 24.4 Å². The van der Waals surface area contributed by atoms with E-state index in [1.54, 1.807) is 30.3 Å². The first-order chi connectivity index (χ1) is 13.4. The zero-order valence-corrected chi connectivity index (χ0v) is 14.4. The third kappa shape index (κ3) is 5.33. The number of alkyl halides is 4. The minimum absolute atomic E-state index is 0.379. The molecule has 3 nitrogen and oxygen atoms in total. The lowest BCUT2D eigenvalue weighted by Crippen LogP contribution is -2.33. The molecule has 0 atom stereocenters. The molecule has 0 bridgehead atoms. The van der Waals surface area contributed by atoms with Gasteiger partial charge in [-0.2, -0.15) is 17.6 Å². The highest BCUT2D eigenvalue weighted by atomic mass is 19.3. The van der Waals surface area contributed by atoms with E-state index < -0.39 is 12.5 Å². The van der Waals surface area contributed by atoms with Crippen molar-refractivity contribution in [1.29, 1.82) is 0 Å². The van der Waals surface area contributed by atoms with Gasteiger partial charge in [-0.3, -0.25) is 4.99 Å². The van der Waals surface area contributed by atoms with Crippen LogP contribution in [0.3, 0.4) is 0 Å². The van der Waals surface area contributed by atoms with Gasteiger partial charge in [0, 0.05) is 12.3 Å². The van der Waals surface area contributed by atoms with Gasteiger partial charge in [-0.05, 0) is 42.0 Å². The molecular formula is C21H15F4NO2. The maximum atomic E-state index is 13.0. The molecule has 7 heteroatoms. The van der Waals surface area contributed by atoms with Crippen LogP contribution in [0.1, 0.15) is 5.56 Å². The fourth-order valence-corrected chi connectivity index (χ4v) is 2.26. The predicted molar refractivity (Wildman–Crippen MR) is 98.2 cm³/mol. The van der Waals surface area contributed by atoms with Crippen molar-refractivity contribution in [2.75, 3.05) is 0 Å². The van der Waals surface area contributed by atoms with Crippen molar-refractivity contribution >= 4 is 11.9 Å². The van der Waals surface area contributed by atoms with Crippen molar-refractivity contribution in [3.05, 3.63) is 84.4 Å². The molecule has 3 aromatic rings. The molecule has 0 saturated heterocycles. The highest BCUT2D eigenvalue weighted by Gasteiger charge is 2.43. The number of nitrogens with zero attached hydrogens (tertiary/aromatic N) is 1. The SMILES string of the molecule is FC(F)C(F)(F)Oc1cccc(C=Nc2cccc(Oc3ccccc3)c2)c1. The Morgan fingerprint density at radius 3 is 2.21 bits per heavy atom. The van der Waals surface area contributed by atoms with Crippen LogP contribution in [0.25, 0.3) is 0 Å². The molecule has 0 fully saturated rings. The number of halogens is 4. The van der Waals surface area contributed by atoms with Crippen molar-refractivity contribution in [2.45, 2.75) is 12.5 Å². The van der Waals surface area contributed by atoms with Crippen LogP contribution in [-0.2, 0) is 0 Å². The van der Waals surface area contributed by atoms with E-state index in [0.717, 1.165) is 0 Å². The summed E-state index contributed by atoms with van der Waals surface area (Å²) in [5.41, 5.74) is 0.981. The first-order valence-corrected chi connectivity index (χ1v) is 8.24. The molecule has 144 valence electrons. The van der Waals surface area contributed by atoms with Crippen LogP contribution in [0.4, 0.5) is 23.2 Å². The Hall–Kier alpha value is -3.35. The van der Waals surface area contributed by atoms with E-state index in [9.17, 15) is 17.6 Å². The van der Waals surface area contributed by atoms with Crippen molar-refractivity contribution in [2.24, 2.45) is 4.99 Å². The smallest absolute Gasteiger partial charge is 0.457 e. The predicted octanol–water partition coefficient (Wildman–Crippen LogP) is 6.47. The van der Waals surface area contributed by atoms with E-state index >= 15 is 0 Å². The standard InChI is InChI=1S/C21H15F4NO2/c22-20(23)21(24,25)28-19-11-4-6-15(12-19)14-26-16-7-5-10-18(13-16)27-17-8-2-1-3-9-17/h1-14,20H. The van der Waals surface area contributed by atoms with Crippen molar-refractivity contribution in [3.63, 3.8) is 0 Å². The fraction of sp³-hybridized carbons (Fsp3) is 0.0952. The Bertz CT molecular complexity index is 946. The highest BCUT2D eigenvalue weighted by Crippen LogP contribution is 2.28. The zero-order chi connectivity index (χ0) is 20.0. The van der Waals surface area contributed by atoms with E-state index in [-0.39, 0.29) is 5.75 Å². The summed E-state index contributed by atoms with van der Waals surface area (Å²) >= 11 is 0. The number of ether oxygens (including phenoxy) is 2. The summed E-state index contributed by atoms with van der Waals surface area (Å²) in [4.78, 5) is 4.26. The Morgan fingerprint density at radius 1 is 0.786 bits per heavy atom. The summed E-state index contributed by atoms with van der Waals surface area (Å²) in [6.45, 7) is 0. The molecule has 0 N–H and O–H groups in total. The van der Waals surface area contributed by atoms with Gasteiger partial charge in [-0.1, -0.05) is 36.4 Å². The summed E-state index contributed by atoms with van der Waals surface area (Å²) in [7, 11) is 0. The average Bonchev–Trinajstić information content (AvgIpc) is 2.67. The molecule has 0 heterocycles. The zero-order valence-electron chi connectivity index (χ0n) is 14.4. The maximum absolute atomic E-state index is 13.0. The normalized spacial score (nSPS) is 11.8. The Morgan fingerprint density at radius 2 is 1.46 bits per heavy atom. The van der Waals surface area contributed by atoms with Gasteiger partial charge in [-0.15, -0.1) is 0 Å². The molecule has 0 saturated carbocycles. The summed E-state index contributed by atoms with van der Waals surface area (Å²) in [5, 5.41) is 0. The minimum atomic E-state index is -4.56. The van der Waals surface area contributed by atoms with Crippen LogP contribution < -0.4 is 9.47 Å². The Kier molecular flexibility index (Phi) is 5.93. The van der Waals surface area contributed by atoms with E-state index in [2.05, 4.69) is 9.73 Å². The molecule has 0 spiro atoms. The second-order valence-corrected chi connectivity index (χ2v) is 5.71. The van der Waals surface area contributed by atoms with Crippen LogP contribution >= 0.6 is 0 Å². The molecule has 0 aliphatic carbocycles. The minimum Gasteiger partial charge on any atom is -0.457 e. The van der Waals surface area contributed by atoms with Gasteiger partial charge < -0.3 is 9.47 Å². The molecule has 0 aromatic heterocycles. The molecule has 3 aromatic carbocycles. The molecule has 0 unspecified atom stereocenters. The highest BCUT2D eigenvalue weighted by molar-refractivity contribution is 5.82. The number of benzene rings is 3. The summed E-state index contributed by atoms with van der Waals surface area (Å²) < 4.78 is 60.3. The monoisotopic (exact) mass is 389 g/mol. The molecule has 0 amide bonds. The summed E-state index contributed by atoms with van der Waals surface area (Å²) in [5.74, 6) is 0.873.